The molecule has 0 aliphatic carbocycles. The van der Waals surface area contributed by atoms with Crippen molar-refractivity contribution in [3.05, 3.63) is 82.5 Å². The highest BCUT2D eigenvalue weighted by Gasteiger charge is 2.20. The maximum absolute atomic E-state index is 12.8. The summed E-state index contributed by atoms with van der Waals surface area (Å²) < 4.78 is 28.3. The van der Waals surface area contributed by atoms with Crippen molar-refractivity contribution in [1.29, 1.82) is 0 Å². The molecule has 0 aliphatic rings. The van der Waals surface area contributed by atoms with Crippen molar-refractivity contribution in [3.8, 4) is 0 Å². The van der Waals surface area contributed by atoms with E-state index in [9.17, 15) is 8.42 Å². The number of aryl methyl sites for hydroxylation is 4. The van der Waals surface area contributed by atoms with Crippen molar-refractivity contribution in [2.75, 3.05) is 10.0 Å². The van der Waals surface area contributed by atoms with Crippen LogP contribution in [0.2, 0.25) is 0 Å². The molecule has 0 fully saturated rings. The summed E-state index contributed by atoms with van der Waals surface area (Å²) in [5, 5.41) is 3.24. The second-order valence-corrected chi connectivity index (χ2v) is 8.72. The minimum absolute atomic E-state index is 0.319. The van der Waals surface area contributed by atoms with E-state index in [4.69, 9.17) is 0 Å². The zero-order valence-corrected chi connectivity index (χ0v) is 17.4. The van der Waals surface area contributed by atoms with Crippen molar-refractivity contribution < 1.29 is 8.42 Å². The van der Waals surface area contributed by atoms with Gasteiger partial charge in [-0.2, -0.15) is 0 Å². The predicted octanol–water partition coefficient (Wildman–Crippen LogP) is 4.73. The quantitative estimate of drug-likeness (QED) is 0.633. The van der Waals surface area contributed by atoms with Gasteiger partial charge in [0.15, 0.2) is 0 Å². The molecule has 0 aliphatic heterocycles. The smallest absolute Gasteiger partial charge is 0.262 e. The van der Waals surface area contributed by atoms with E-state index in [0.717, 1.165) is 22.3 Å². The van der Waals surface area contributed by atoms with Crippen molar-refractivity contribution in [1.82, 2.24) is 4.98 Å². The molecule has 0 saturated heterocycles. The van der Waals surface area contributed by atoms with Gasteiger partial charge in [0, 0.05) is 6.54 Å². The van der Waals surface area contributed by atoms with Gasteiger partial charge in [-0.1, -0.05) is 47.5 Å². The Morgan fingerprint density at radius 3 is 2.07 bits per heavy atom. The molecule has 1 heterocycles. The van der Waals surface area contributed by atoms with Crippen LogP contribution in [0.25, 0.3) is 0 Å². The lowest BCUT2D eigenvalue weighted by Gasteiger charge is -2.14. The fraction of sp³-hybridized carbons (Fsp3) is 0.227. The van der Waals surface area contributed by atoms with Gasteiger partial charge in [-0.3, -0.25) is 4.72 Å². The predicted molar refractivity (Wildman–Crippen MR) is 114 cm³/mol. The summed E-state index contributed by atoms with van der Waals surface area (Å²) in [4.78, 5) is 4.63. The first kappa shape index (κ1) is 19.9. The van der Waals surface area contributed by atoms with Gasteiger partial charge < -0.3 is 5.32 Å². The van der Waals surface area contributed by atoms with E-state index in [0.29, 0.717) is 22.9 Å². The Kier molecular flexibility index (Phi) is 5.70. The van der Waals surface area contributed by atoms with Gasteiger partial charge in [0.1, 0.15) is 5.82 Å². The number of nitrogens with zero attached hydrogens (tertiary/aromatic N) is 1. The Labute approximate surface area is 166 Å². The zero-order valence-electron chi connectivity index (χ0n) is 16.6. The van der Waals surface area contributed by atoms with E-state index in [1.807, 2.05) is 32.9 Å². The van der Waals surface area contributed by atoms with Crippen LogP contribution in [0.5, 0.6) is 0 Å². The van der Waals surface area contributed by atoms with Gasteiger partial charge in [-0.25, -0.2) is 13.4 Å². The first-order chi connectivity index (χ1) is 13.2. The van der Waals surface area contributed by atoms with Crippen molar-refractivity contribution in [2.45, 2.75) is 39.1 Å². The first-order valence-corrected chi connectivity index (χ1v) is 10.6. The molecule has 1 aromatic heterocycles. The van der Waals surface area contributed by atoms with Gasteiger partial charge in [0.25, 0.3) is 10.0 Å². The van der Waals surface area contributed by atoms with Gasteiger partial charge in [-0.15, -0.1) is 0 Å². The molecule has 3 aromatic rings. The van der Waals surface area contributed by atoms with Gasteiger partial charge in [0.05, 0.1) is 16.8 Å². The molecule has 6 heteroatoms. The minimum atomic E-state index is -3.67. The summed E-state index contributed by atoms with van der Waals surface area (Å²) in [6.07, 6.45) is 1.52. The highest BCUT2D eigenvalue weighted by molar-refractivity contribution is 7.92. The normalized spacial score (nSPS) is 11.3. The Morgan fingerprint density at radius 1 is 0.857 bits per heavy atom. The number of nitrogens with one attached hydrogen (secondary N) is 2. The van der Waals surface area contributed by atoms with E-state index in [1.165, 1.54) is 11.8 Å². The molecule has 2 N–H and O–H groups in total. The fourth-order valence-electron chi connectivity index (χ4n) is 3.25. The topological polar surface area (TPSA) is 71.1 Å². The number of benzene rings is 2. The lowest BCUT2D eigenvalue weighted by molar-refractivity contribution is 0.600. The van der Waals surface area contributed by atoms with Crippen LogP contribution in [0.1, 0.15) is 27.8 Å². The Hall–Kier alpha value is -2.86. The minimum Gasteiger partial charge on any atom is -0.366 e. The number of anilines is 2. The number of hydrogen-bond donors (Lipinski definition) is 2. The third-order valence-electron chi connectivity index (χ3n) is 4.48. The van der Waals surface area contributed by atoms with E-state index in [-0.39, 0.29) is 0 Å². The highest BCUT2D eigenvalue weighted by Crippen LogP contribution is 2.24. The van der Waals surface area contributed by atoms with Gasteiger partial charge >= 0.3 is 0 Å². The third-order valence-corrected chi connectivity index (χ3v) is 6.17. The molecule has 0 amide bonds. The Bertz CT molecular complexity index is 1050. The molecule has 0 bridgehead atoms. The standard InChI is InChI=1S/C22H25N3O2S/c1-15-5-7-19(8-6-15)13-23-21-10-9-20(14-24-21)25-28(26,27)22-17(3)11-16(2)12-18(22)4/h5-12,14,25H,13H2,1-4H3,(H,23,24). The second kappa shape index (κ2) is 8.02. The van der Waals surface area contributed by atoms with Crippen molar-refractivity contribution >= 4 is 21.5 Å². The largest absolute Gasteiger partial charge is 0.366 e. The summed E-state index contributed by atoms with van der Waals surface area (Å²) >= 11 is 0. The summed E-state index contributed by atoms with van der Waals surface area (Å²) in [7, 11) is -3.67. The van der Waals surface area contributed by atoms with Crippen LogP contribution in [-0.2, 0) is 16.6 Å². The summed E-state index contributed by atoms with van der Waals surface area (Å²) in [5.74, 6) is 0.686. The number of pyridine rings is 1. The van der Waals surface area contributed by atoms with E-state index < -0.39 is 10.0 Å². The van der Waals surface area contributed by atoms with Crippen LogP contribution in [0, 0.1) is 27.7 Å². The van der Waals surface area contributed by atoms with E-state index in [2.05, 4.69) is 46.2 Å². The van der Waals surface area contributed by atoms with Crippen LogP contribution in [0.3, 0.4) is 0 Å². The molecule has 0 atom stereocenters. The van der Waals surface area contributed by atoms with Crippen LogP contribution >= 0.6 is 0 Å². The molecule has 0 saturated carbocycles. The maximum Gasteiger partial charge on any atom is 0.262 e. The Morgan fingerprint density at radius 2 is 1.50 bits per heavy atom. The number of aromatic nitrogens is 1. The lowest BCUT2D eigenvalue weighted by atomic mass is 10.1. The molecule has 5 nitrogen and oxygen atoms in total. The SMILES string of the molecule is Cc1ccc(CNc2ccc(NS(=O)(=O)c3c(C)cc(C)cc3C)cn2)cc1. The van der Waals surface area contributed by atoms with E-state index >= 15 is 0 Å². The molecule has 3 rings (SSSR count). The molecule has 0 spiro atoms. The maximum atomic E-state index is 12.8. The molecule has 0 radical (unpaired) electrons. The average molecular weight is 396 g/mol. The molecular weight excluding hydrogens is 370 g/mol. The third kappa shape index (κ3) is 4.70. The number of hydrogen-bond acceptors (Lipinski definition) is 4. The van der Waals surface area contributed by atoms with Gasteiger partial charge in [0.2, 0.25) is 0 Å². The van der Waals surface area contributed by atoms with Crippen LogP contribution in [0.15, 0.2) is 59.6 Å². The second-order valence-electron chi connectivity index (χ2n) is 7.10. The summed E-state index contributed by atoms with van der Waals surface area (Å²) in [6, 6.07) is 15.5. The van der Waals surface area contributed by atoms with Crippen LogP contribution in [-0.4, -0.2) is 13.4 Å². The lowest BCUT2D eigenvalue weighted by Crippen LogP contribution is -2.16. The van der Waals surface area contributed by atoms with Gasteiger partial charge in [-0.05, 0) is 56.5 Å². The molecule has 146 valence electrons. The van der Waals surface area contributed by atoms with E-state index in [1.54, 1.807) is 12.1 Å². The molecule has 2 aromatic carbocycles. The molecular formula is C22H25N3O2S. The first-order valence-electron chi connectivity index (χ1n) is 9.11. The Balaban J connectivity index is 1.70. The number of sulfonamides is 1. The summed E-state index contributed by atoms with van der Waals surface area (Å²) in [5.41, 5.74) is 5.31. The van der Waals surface area contributed by atoms with Crippen molar-refractivity contribution in [3.63, 3.8) is 0 Å². The molecule has 28 heavy (non-hydrogen) atoms. The monoisotopic (exact) mass is 395 g/mol. The highest BCUT2D eigenvalue weighted by atomic mass is 32.2. The average Bonchev–Trinajstić information content (AvgIpc) is 2.61. The molecule has 0 unspecified atom stereocenters. The fourth-order valence-corrected chi connectivity index (χ4v) is 4.75. The zero-order chi connectivity index (χ0) is 20.3. The summed E-state index contributed by atoms with van der Waals surface area (Å²) in [6.45, 7) is 8.28. The van der Waals surface area contributed by atoms with Crippen LogP contribution in [0.4, 0.5) is 11.5 Å². The van der Waals surface area contributed by atoms with Crippen molar-refractivity contribution in [2.24, 2.45) is 0 Å². The number of rotatable bonds is 6. The van der Waals surface area contributed by atoms with Crippen LogP contribution < -0.4 is 10.0 Å².